The number of hydrogen-bond donors (Lipinski definition) is 1. The summed E-state index contributed by atoms with van der Waals surface area (Å²) < 4.78 is 5.45. The molecule has 0 fully saturated rings. The van der Waals surface area contributed by atoms with Crippen LogP contribution < -0.4 is 5.73 Å². The number of benzene rings is 1. The van der Waals surface area contributed by atoms with E-state index in [1.54, 1.807) is 11.3 Å². The topological polar surface area (TPSA) is 52.0 Å². The number of nitrogens with zero attached hydrogens (tertiary/aromatic N) is 1. The van der Waals surface area contributed by atoms with E-state index in [1.165, 1.54) is 11.1 Å². The second-order valence-corrected chi connectivity index (χ2v) is 5.35. The summed E-state index contributed by atoms with van der Waals surface area (Å²) in [6.45, 7) is 4.12. The zero-order valence-corrected chi connectivity index (χ0v) is 11.6. The van der Waals surface area contributed by atoms with Gasteiger partial charge in [-0.05, 0) is 30.4 Å². The summed E-state index contributed by atoms with van der Waals surface area (Å²) in [6, 6.07) is 8.19. The molecule has 0 radical (unpaired) electrons. The number of nitrogen functional groups attached to an aromatic ring is 1. The molecule has 1 aromatic carbocycles. The van der Waals surface area contributed by atoms with Crippen molar-refractivity contribution >= 4 is 17.2 Å². The predicted octanol–water partition coefficient (Wildman–Crippen LogP) is 4.27. The summed E-state index contributed by atoms with van der Waals surface area (Å²) in [5, 5.41) is 8.08. The summed E-state index contributed by atoms with van der Waals surface area (Å²) >= 11 is 1.65. The van der Waals surface area contributed by atoms with Crippen LogP contribution in [0.3, 0.4) is 0 Å². The lowest BCUT2D eigenvalue weighted by Gasteiger charge is -2.03. The molecule has 2 heterocycles. The zero-order chi connectivity index (χ0) is 13.4. The van der Waals surface area contributed by atoms with Gasteiger partial charge in [0.25, 0.3) is 0 Å². The molecule has 0 aliphatic heterocycles. The number of aryl methyl sites for hydroxylation is 2. The number of rotatable bonds is 2. The molecule has 0 aliphatic carbocycles. The van der Waals surface area contributed by atoms with Gasteiger partial charge in [0.05, 0.1) is 5.56 Å². The van der Waals surface area contributed by atoms with E-state index in [4.69, 9.17) is 10.3 Å². The fourth-order valence-corrected chi connectivity index (χ4v) is 2.99. The summed E-state index contributed by atoms with van der Waals surface area (Å²) in [4.78, 5) is 0. The van der Waals surface area contributed by atoms with E-state index in [9.17, 15) is 0 Å². The summed E-state index contributed by atoms with van der Waals surface area (Å²) in [5.41, 5.74) is 11.3. The highest BCUT2D eigenvalue weighted by molar-refractivity contribution is 7.08. The van der Waals surface area contributed by atoms with Gasteiger partial charge in [-0.2, -0.15) is 11.3 Å². The van der Waals surface area contributed by atoms with E-state index in [0.717, 1.165) is 22.5 Å². The third-order valence-corrected chi connectivity index (χ3v) is 3.99. The first kappa shape index (κ1) is 12.0. The van der Waals surface area contributed by atoms with Crippen molar-refractivity contribution in [3.05, 3.63) is 46.2 Å². The molecule has 0 amide bonds. The molecule has 4 heteroatoms. The molecule has 2 aromatic heterocycles. The zero-order valence-electron chi connectivity index (χ0n) is 10.8. The van der Waals surface area contributed by atoms with Crippen LogP contribution in [0.2, 0.25) is 0 Å². The number of thiophene rings is 1. The lowest BCUT2D eigenvalue weighted by molar-refractivity contribution is 0.436. The van der Waals surface area contributed by atoms with E-state index in [1.807, 2.05) is 12.1 Å². The predicted molar refractivity (Wildman–Crippen MR) is 79.1 cm³/mol. The monoisotopic (exact) mass is 270 g/mol. The molecule has 3 nitrogen and oxygen atoms in total. The first-order chi connectivity index (χ1) is 9.16. The van der Waals surface area contributed by atoms with Gasteiger partial charge in [-0.15, -0.1) is 0 Å². The molecular weight excluding hydrogens is 256 g/mol. The van der Waals surface area contributed by atoms with Gasteiger partial charge in [-0.25, -0.2) is 0 Å². The quantitative estimate of drug-likeness (QED) is 0.756. The van der Waals surface area contributed by atoms with Crippen molar-refractivity contribution in [3.63, 3.8) is 0 Å². The molecule has 0 atom stereocenters. The standard InChI is InChI=1S/C15H14N2OS/c1-9-4-3-5-11(6-9)13-14(18-17-15(13)16)12-8-19-7-10(12)2/h3-8H,1-2H3,(H2,16,17). The van der Waals surface area contributed by atoms with Crippen LogP contribution in [0, 0.1) is 13.8 Å². The third-order valence-electron chi connectivity index (χ3n) is 3.13. The molecule has 0 saturated heterocycles. The number of hydrogen-bond acceptors (Lipinski definition) is 4. The number of aromatic nitrogens is 1. The van der Waals surface area contributed by atoms with E-state index in [2.05, 4.69) is 41.9 Å². The normalized spacial score (nSPS) is 10.8. The Morgan fingerprint density at radius 2 is 2.05 bits per heavy atom. The van der Waals surface area contributed by atoms with Crippen molar-refractivity contribution in [2.45, 2.75) is 13.8 Å². The van der Waals surface area contributed by atoms with Gasteiger partial charge in [-0.1, -0.05) is 35.0 Å². The Morgan fingerprint density at radius 3 is 2.74 bits per heavy atom. The van der Waals surface area contributed by atoms with Gasteiger partial charge in [0.1, 0.15) is 0 Å². The van der Waals surface area contributed by atoms with Crippen LogP contribution in [-0.2, 0) is 0 Å². The molecule has 0 unspecified atom stereocenters. The van der Waals surface area contributed by atoms with Crippen LogP contribution in [0.15, 0.2) is 39.5 Å². The van der Waals surface area contributed by atoms with Gasteiger partial charge in [0.15, 0.2) is 11.6 Å². The van der Waals surface area contributed by atoms with Gasteiger partial charge in [0, 0.05) is 10.9 Å². The Balaban J connectivity index is 2.22. The van der Waals surface area contributed by atoms with Gasteiger partial charge in [0.2, 0.25) is 0 Å². The SMILES string of the molecule is Cc1cccc(-c2c(N)noc2-c2cscc2C)c1. The summed E-state index contributed by atoms with van der Waals surface area (Å²) in [6.07, 6.45) is 0. The fourth-order valence-electron chi connectivity index (χ4n) is 2.16. The largest absolute Gasteiger partial charge is 0.380 e. The highest BCUT2D eigenvalue weighted by atomic mass is 32.1. The van der Waals surface area contributed by atoms with Crippen LogP contribution >= 0.6 is 11.3 Å². The number of nitrogens with two attached hydrogens (primary N) is 1. The van der Waals surface area contributed by atoms with Crippen molar-refractivity contribution in [2.75, 3.05) is 5.73 Å². The molecular formula is C15H14N2OS. The van der Waals surface area contributed by atoms with Crippen molar-refractivity contribution < 1.29 is 4.52 Å². The minimum atomic E-state index is 0.436. The second-order valence-electron chi connectivity index (χ2n) is 4.61. The van der Waals surface area contributed by atoms with Crippen molar-refractivity contribution in [3.8, 4) is 22.5 Å². The molecule has 19 heavy (non-hydrogen) atoms. The molecule has 96 valence electrons. The Morgan fingerprint density at radius 1 is 1.21 bits per heavy atom. The van der Waals surface area contributed by atoms with Crippen molar-refractivity contribution in [1.29, 1.82) is 0 Å². The van der Waals surface area contributed by atoms with Crippen LogP contribution in [0.25, 0.3) is 22.5 Å². The van der Waals surface area contributed by atoms with Gasteiger partial charge >= 0.3 is 0 Å². The molecule has 0 spiro atoms. The highest BCUT2D eigenvalue weighted by Crippen LogP contribution is 2.39. The van der Waals surface area contributed by atoms with E-state index in [0.29, 0.717) is 5.82 Å². The lowest BCUT2D eigenvalue weighted by atomic mass is 10.00. The van der Waals surface area contributed by atoms with Crippen molar-refractivity contribution in [1.82, 2.24) is 5.16 Å². The first-order valence-electron chi connectivity index (χ1n) is 6.02. The van der Waals surface area contributed by atoms with Crippen LogP contribution in [-0.4, -0.2) is 5.16 Å². The second kappa shape index (κ2) is 4.55. The fraction of sp³-hybridized carbons (Fsp3) is 0.133. The van der Waals surface area contributed by atoms with E-state index in [-0.39, 0.29) is 0 Å². The van der Waals surface area contributed by atoms with Crippen LogP contribution in [0.1, 0.15) is 11.1 Å². The molecule has 3 rings (SSSR count). The molecule has 0 bridgehead atoms. The minimum absolute atomic E-state index is 0.436. The molecule has 0 aliphatic rings. The van der Waals surface area contributed by atoms with Gasteiger partial charge in [-0.3, -0.25) is 0 Å². The maximum atomic E-state index is 5.98. The molecule has 3 aromatic rings. The molecule has 0 saturated carbocycles. The van der Waals surface area contributed by atoms with E-state index < -0.39 is 0 Å². The average molecular weight is 270 g/mol. The first-order valence-corrected chi connectivity index (χ1v) is 6.96. The Kier molecular flexibility index (Phi) is 2.87. The minimum Gasteiger partial charge on any atom is -0.380 e. The Hall–Kier alpha value is -2.07. The van der Waals surface area contributed by atoms with Crippen LogP contribution in [0.5, 0.6) is 0 Å². The summed E-state index contributed by atoms with van der Waals surface area (Å²) in [5.74, 6) is 1.19. The van der Waals surface area contributed by atoms with Gasteiger partial charge < -0.3 is 10.3 Å². The van der Waals surface area contributed by atoms with Crippen LogP contribution in [0.4, 0.5) is 5.82 Å². The third kappa shape index (κ3) is 2.04. The summed E-state index contributed by atoms with van der Waals surface area (Å²) in [7, 11) is 0. The lowest BCUT2D eigenvalue weighted by Crippen LogP contribution is -1.89. The highest BCUT2D eigenvalue weighted by Gasteiger charge is 2.19. The molecule has 2 N–H and O–H groups in total. The Bertz CT molecular complexity index is 727. The van der Waals surface area contributed by atoms with E-state index >= 15 is 0 Å². The van der Waals surface area contributed by atoms with Crippen molar-refractivity contribution in [2.24, 2.45) is 0 Å². The maximum absolute atomic E-state index is 5.98. The Labute approximate surface area is 115 Å². The average Bonchev–Trinajstić information content (AvgIpc) is 2.95. The number of anilines is 1. The maximum Gasteiger partial charge on any atom is 0.178 e. The smallest absolute Gasteiger partial charge is 0.178 e.